The summed E-state index contributed by atoms with van der Waals surface area (Å²) >= 11 is 3.34. The Hall–Kier alpha value is -1.93. The van der Waals surface area contributed by atoms with Crippen molar-refractivity contribution in [3.8, 4) is 5.75 Å². The number of aryl methyl sites for hydroxylation is 1. The van der Waals surface area contributed by atoms with E-state index < -0.39 is 0 Å². The molecule has 3 rings (SSSR count). The Morgan fingerprint density at radius 2 is 2.12 bits per heavy atom. The molecule has 1 aliphatic heterocycles. The van der Waals surface area contributed by atoms with Crippen molar-refractivity contribution in [2.24, 2.45) is 7.05 Å². The molecule has 0 atom stereocenters. The highest BCUT2D eigenvalue weighted by molar-refractivity contribution is 9.10. The maximum atomic E-state index is 13.8. The van der Waals surface area contributed by atoms with Crippen LogP contribution in [-0.2, 0) is 13.6 Å². The van der Waals surface area contributed by atoms with E-state index in [9.17, 15) is 9.18 Å². The summed E-state index contributed by atoms with van der Waals surface area (Å²) in [6.07, 6.45) is 3.55. The summed E-state index contributed by atoms with van der Waals surface area (Å²) in [5, 5.41) is 7.45. The molecular formula is C18H22BrFN4O2. The van der Waals surface area contributed by atoms with Crippen LogP contribution in [0.1, 0.15) is 18.4 Å². The van der Waals surface area contributed by atoms with Crippen molar-refractivity contribution in [1.29, 1.82) is 0 Å². The van der Waals surface area contributed by atoms with E-state index in [1.54, 1.807) is 19.3 Å². The third-order valence-electron chi connectivity index (χ3n) is 4.65. The van der Waals surface area contributed by atoms with E-state index >= 15 is 0 Å². The van der Waals surface area contributed by atoms with Crippen molar-refractivity contribution >= 4 is 21.6 Å². The Labute approximate surface area is 160 Å². The van der Waals surface area contributed by atoms with Gasteiger partial charge in [-0.05, 0) is 46.5 Å². The SMILES string of the molecule is COc1ccc(CN2CCC(Nc3cnn(C)c(=O)c3Br)CC2)cc1F. The quantitative estimate of drug-likeness (QED) is 0.799. The van der Waals surface area contributed by atoms with Crippen molar-refractivity contribution in [3.05, 3.63) is 50.6 Å². The van der Waals surface area contributed by atoms with Crippen LogP contribution in [0.25, 0.3) is 0 Å². The predicted octanol–water partition coefficient (Wildman–Crippen LogP) is 2.77. The number of hydrogen-bond acceptors (Lipinski definition) is 5. The number of methoxy groups -OCH3 is 1. The zero-order chi connectivity index (χ0) is 18.7. The van der Waals surface area contributed by atoms with E-state index in [4.69, 9.17) is 4.74 Å². The lowest BCUT2D eigenvalue weighted by molar-refractivity contribution is 0.211. The Bertz CT molecular complexity index is 834. The zero-order valence-electron chi connectivity index (χ0n) is 14.8. The summed E-state index contributed by atoms with van der Waals surface area (Å²) in [4.78, 5) is 14.2. The van der Waals surface area contributed by atoms with Crippen molar-refractivity contribution in [2.45, 2.75) is 25.4 Å². The van der Waals surface area contributed by atoms with Crippen LogP contribution in [0.3, 0.4) is 0 Å². The van der Waals surface area contributed by atoms with E-state index in [-0.39, 0.29) is 23.2 Å². The van der Waals surface area contributed by atoms with Gasteiger partial charge in [0.25, 0.3) is 5.56 Å². The standard InChI is InChI=1S/C18H22BrFN4O2/c1-23-18(25)17(19)15(10-21-23)22-13-5-7-24(8-6-13)11-12-3-4-16(26-2)14(20)9-12/h3-4,9-10,13,22H,5-8,11H2,1-2H3. The number of nitrogens with zero attached hydrogens (tertiary/aromatic N) is 3. The molecule has 26 heavy (non-hydrogen) atoms. The number of piperidine rings is 1. The number of ether oxygens (including phenoxy) is 1. The van der Waals surface area contributed by atoms with Gasteiger partial charge < -0.3 is 10.1 Å². The average Bonchev–Trinajstić information content (AvgIpc) is 2.64. The van der Waals surface area contributed by atoms with Crippen LogP contribution in [0, 0.1) is 5.82 Å². The van der Waals surface area contributed by atoms with Crippen molar-refractivity contribution < 1.29 is 9.13 Å². The van der Waals surface area contributed by atoms with Crippen LogP contribution in [0.2, 0.25) is 0 Å². The van der Waals surface area contributed by atoms with Gasteiger partial charge in [0.15, 0.2) is 11.6 Å². The monoisotopic (exact) mass is 424 g/mol. The van der Waals surface area contributed by atoms with Gasteiger partial charge in [-0.15, -0.1) is 0 Å². The van der Waals surface area contributed by atoms with Crippen LogP contribution in [0.5, 0.6) is 5.75 Å². The van der Waals surface area contributed by atoms with E-state index in [1.165, 1.54) is 17.9 Å². The van der Waals surface area contributed by atoms with Crippen molar-refractivity contribution in [2.75, 3.05) is 25.5 Å². The normalized spacial score (nSPS) is 15.8. The molecule has 0 amide bonds. The Balaban J connectivity index is 1.55. The highest BCUT2D eigenvalue weighted by Gasteiger charge is 2.21. The van der Waals surface area contributed by atoms with Crippen LogP contribution in [0.4, 0.5) is 10.1 Å². The lowest BCUT2D eigenvalue weighted by Gasteiger charge is -2.33. The fourth-order valence-corrected chi connectivity index (χ4v) is 3.61. The molecule has 2 heterocycles. The maximum absolute atomic E-state index is 13.8. The fourth-order valence-electron chi connectivity index (χ4n) is 3.13. The molecule has 1 aromatic heterocycles. The van der Waals surface area contributed by atoms with Crippen molar-refractivity contribution in [1.82, 2.24) is 14.7 Å². The van der Waals surface area contributed by atoms with Gasteiger partial charge in [0.1, 0.15) is 4.47 Å². The first-order valence-electron chi connectivity index (χ1n) is 8.51. The number of anilines is 1. The number of hydrogen-bond donors (Lipinski definition) is 1. The Morgan fingerprint density at radius 3 is 2.77 bits per heavy atom. The molecule has 1 aliphatic rings. The van der Waals surface area contributed by atoms with E-state index in [1.807, 2.05) is 6.07 Å². The van der Waals surface area contributed by atoms with E-state index in [0.717, 1.165) is 37.2 Å². The number of benzene rings is 1. The second-order valence-electron chi connectivity index (χ2n) is 6.46. The van der Waals surface area contributed by atoms with Crippen LogP contribution >= 0.6 is 15.9 Å². The van der Waals surface area contributed by atoms with Gasteiger partial charge in [-0.2, -0.15) is 5.10 Å². The highest BCUT2D eigenvalue weighted by Crippen LogP contribution is 2.23. The molecule has 140 valence electrons. The van der Waals surface area contributed by atoms with Crippen LogP contribution in [-0.4, -0.2) is 40.9 Å². The molecule has 0 saturated carbocycles. The average molecular weight is 425 g/mol. The third-order valence-corrected chi connectivity index (χ3v) is 5.41. The smallest absolute Gasteiger partial charge is 0.282 e. The fraction of sp³-hybridized carbons (Fsp3) is 0.444. The number of halogens is 2. The summed E-state index contributed by atoms with van der Waals surface area (Å²) in [6, 6.07) is 5.38. The first-order chi connectivity index (χ1) is 12.5. The molecule has 1 saturated heterocycles. The molecule has 0 radical (unpaired) electrons. The summed E-state index contributed by atoms with van der Waals surface area (Å²) in [5.41, 5.74) is 1.51. The maximum Gasteiger partial charge on any atom is 0.282 e. The van der Waals surface area contributed by atoms with Gasteiger partial charge in [0.2, 0.25) is 0 Å². The van der Waals surface area contributed by atoms with Gasteiger partial charge in [0, 0.05) is 32.7 Å². The van der Waals surface area contributed by atoms with Gasteiger partial charge in [-0.25, -0.2) is 9.07 Å². The van der Waals surface area contributed by atoms with E-state index in [0.29, 0.717) is 11.0 Å². The third kappa shape index (κ3) is 4.24. The van der Waals surface area contributed by atoms with Crippen LogP contribution < -0.4 is 15.6 Å². The number of nitrogens with one attached hydrogen (secondary N) is 1. The molecule has 0 bridgehead atoms. The van der Waals surface area contributed by atoms with Gasteiger partial charge in [-0.1, -0.05) is 6.07 Å². The largest absolute Gasteiger partial charge is 0.494 e. The molecule has 0 aliphatic carbocycles. The number of rotatable bonds is 5. The molecule has 1 fully saturated rings. The second kappa shape index (κ2) is 8.18. The molecule has 1 aromatic carbocycles. The molecule has 8 heteroatoms. The highest BCUT2D eigenvalue weighted by atomic mass is 79.9. The molecule has 1 N–H and O–H groups in total. The summed E-state index contributed by atoms with van der Waals surface area (Å²) in [5.74, 6) is -0.0607. The molecule has 2 aromatic rings. The zero-order valence-corrected chi connectivity index (χ0v) is 16.4. The summed E-state index contributed by atoms with van der Waals surface area (Å²) in [7, 11) is 3.09. The van der Waals surface area contributed by atoms with Crippen molar-refractivity contribution in [3.63, 3.8) is 0 Å². The summed E-state index contributed by atoms with van der Waals surface area (Å²) < 4.78 is 20.6. The van der Waals surface area contributed by atoms with E-state index in [2.05, 4.69) is 31.2 Å². The van der Waals surface area contributed by atoms with Gasteiger partial charge in [0.05, 0.1) is 19.0 Å². The summed E-state index contributed by atoms with van der Waals surface area (Å²) in [6.45, 7) is 2.52. The molecular weight excluding hydrogens is 403 g/mol. The Morgan fingerprint density at radius 1 is 1.38 bits per heavy atom. The minimum atomic E-state index is -0.329. The minimum absolute atomic E-state index is 0.158. The number of aromatic nitrogens is 2. The van der Waals surface area contributed by atoms with Gasteiger partial charge in [-0.3, -0.25) is 9.69 Å². The Kier molecular flexibility index (Phi) is 5.93. The topological polar surface area (TPSA) is 59.4 Å². The lowest BCUT2D eigenvalue weighted by Crippen LogP contribution is -2.39. The second-order valence-corrected chi connectivity index (χ2v) is 7.26. The molecule has 0 spiro atoms. The predicted molar refractivity (Wildman–Crippen MR) is 102 cm³/mol. The minimum Gasteiger partial charge on any atom is -0.494 e. The molecule has 0 unspecified atom stereocenters. The molecule has 6 nitrogen and oxygen atoms in total. The van der Waals surface area contributed by atoms with Crippen LogP contribution in [0.15, 0.2) is 33.7 Å². The lowest BCUT2D eigenvalue weighted by atomic mass is 10.0. The van der Waals surface area contributed by atoms with Gasteiger partial charge >= 0.3 is 0 Å². The number of likely N-dealkylation sites (tertiary alicyclic amines) is 1. The first kappa shape index (κ1) is 18.8. The first-order valence-corrected chi connectivity index (χ1v) is 9.30.